The molecule has 0 aliphatic carbocycles. The molecule has 0 saturated carbocycles. The average molecular weight is 411 g/mol. The Labute approximate surface area is 180 Å². The minimum atomic E-state index is 0.676. The molecule has 2 N–H and O–H groups in total. The summed E-state index contributed by atoms with van der Waals surface area (Å²) in [5.74, 6) is 1.83. The van der Waals surface area contributed by atoms with Gasteiger partial charge in [-0.25, -0.2) is 4.98 Å². The number of pyridine rings is 1. The highest BCUT2D eigenvalue weighted by atomic mass is 16.5. The van der Waals surface area contributed by atoms with Gasteiger partial charge >= 0.3 is 0 Å². The molecule has 0 radical (unpaired) electrons. The van der Waals surface area contributed by atoms with Crippen LogP contribution in [-0.4, -0.2) is 63.9 Å². The molecule has 1 aliphatic rings. The first-order valence-electron chi connectivity index (χ1n) is 10.7. The Balaban J connectivity index is 1.52. The maximum atomic E-state index is 5.47. The molecule has 7 heteroatoms. The Morgan fingerprint density at radius 1 is 1.20 bits per heavy atom. The third kappa shape index (κ3) is 6.10. The number of anilines is 2. The summed E-state index contributed by atoms with van der Waals surface area (Å²) in [7, 11) is 1.81. The number of nitrogens with one attached hydrogen (secondary N) is 2. The number of benzene rings is 1. The molecular formula is C23H34N6O. The van der Waals surface area contributed by atoms with E-state index in [4.69, 9.17) is 4.74 Å². The summed E-state index contributed by atoms with van der Waals surface area (Å²) >= 11 is 0. The van der Waals surface area contributed by atoms with Crippen molar-refractivity contribution in [2.75, 3.05) is 62.8 Å². The van der Waals surface area contributed by atoms with Crippen LogP contribution in [0.5, 0.6) is 0 Å². The van der Waals surface area contributed by atoms with E-state index in [1.54, 1.807) is 7.05 Å². The van der Waals surface area contributed by atoms with Crippen molar-refractivity contribution >= 4 is 17.5 Å². The fraction of sp³-hybridized carbons (Fsp3) is 0.478. The van der Waals surface area contributed by atoms with Gasteiger partial charge in [0.2, 0.25) is 0 Å². The fourth-order valence-electron chi connectivity index (χ4n) is 3.63. The Hall–Kier alpha value is -2.80. The second-order valence-electron chi connectivity index (χ2n) is 7.36. The second kappa shape index (κ2) is 11.4. The third-order valence-electron chi connectivity index (χ3n) is 5.27. The molecule has 1 aliphatic heterocycles. The average Bonchev–Trinajstić information content (AvgIpc) is 2.79. The second-order valence-corrected chi connectivity index (χ2v) is 7.36. The first-order valence-corrected chi connectivity index (χ1v) is 10.7. The van der Waals surface area contributed by atoms with Crippen LogP contribution < -0.4 is 20.4 Å². The van der Waals surface area contributed by atoms with Gasteiger partial charge in [0.15, 0.2) is 5.96 Å². The molecule has 7 nitrogen and oxygen atoms in total. The quantitative estimate of drug-likeness (QED) is 0.515. The monoisotopic (exact) mass is 410 g/mol. The highest BCUT2D eigenvalue weighted by Gasteiger charge is 2.16. The number of rotatable bonds is 8. The van der Waals surface area contributed by atoms with E-state index in [2.05, 4.69) is 74.6 Å². The summed E-state index contributed by atoms with van der Waals surface area (Å²) in [5.41, 5.74) is 3.70. The molecule has 1 aromatic carbocycles. The summed E-state index contributed by atoms with van der Waals surface area (Å²) in [5, 5.41) is 6.86. The highest BCUT2D eigenvalue weighted by molar-refractivity contribution is 5.79. The van der Waals surface area contributed by atoms with Crippen molar-refractivity contribution in [2.45, 2.75) is 20.4 Å². The van der Waals surface area contributed by atoms with Crippen LogP contribution in [0, 0.1) is 6.92 Å². The van der Waals surface area contributed by atoms with Gasteiger partial charge in [-0.1, -0.05) is 18.2 Å². The summed E-state index contributed by atoms with van der Waals surface area (Å²) in [6.07, 6.45) is 1.85. The first-order chi connectivity index (χ1) is 14.7. The molecule has 3 rings (SSSR count). The van der Waals surface area contributed by atoms with E-state index in [-0.39, 0.29) is 0 Å². The van der Waals surface area contributed by atoms with Crippen molar-refractivity contribution in [3.63, 3.8) is 0 Å². The molecule has 0 amide bonds. The van der Waals surface area contributed by atoms with E-state index in [1.165, 1.54) is 11.3 Å². The Bertz CT molecular complexity index is 819. The molecule has 0 spiro atoms. The van der Waals surface area contributed by atoms with E-state index in [9.17, 15) is 0 Å². The largest absolute Gasteiger partial charge is 0.378 e. The van der Waals surface area contributed by atoms with Gasteiger partial charge in [-0.3, -0.25) is 4.99 Å². The van der Waals surface area contributed by atoms with Crippen LogP contribution in [0.1, 0.15) is 18.1 Å². The smallest absolute Gasteiger partial charge is 0.191 e. The van der Waals surface area contributed by atoms with Gasteiger partial charge < -0.3 is 25.2 Å². The van der Waals surface area contributed by atoms with E-state index in [0.29, 0.717) is 6.54 Å². The zero-order valence-corrected chi connectivity index (χ0v) is 18.4. The van der Waals surface area contributed by atoms with Gasteiger partial charge in [0.25, 0.3) is 0 Å². The predicted octanol–water partition coefficient (Wildman–Crippen LogP) is 2.42. The lowest BCUT2D eigenvalue weighted by atomic mass is 10.2. The fourth-order valence-corrected chi connectivity index (χ4v) is 3.63. The molecule has 162 valence electrons. The summed E-state index contributed by atoms with van der Waals surface area (Å²) in [4.78, 5) is 13.6. The topological polar surface area (TPSA) is 65.0 Å². The lowest BCUT2D eigenvalue weighted by Gasteiger charge is -2.29. The maximum Gasteiger partial charge on any atom is 0.191 e. The zero-order chi connectivity index (χ0) is 21.2. The number of guanidine groups is 1. The summed E-state index contributed by atoms with van der Waals surface area (Å²) in [6, 6.07) is 12.7. The molecule has 1 aromatic heterocycles. The van der Waals surface area contributed by atoms with Crippen molar-refractivity contribution in [3.05, 3.63) is 53.7 Å². The summed E-state index contributed by atoms with van der Waals surface area (Å²) < 4.78 is 5.47. The molecule has 2 aromatic rings. The predicted molar refractivity (Wildman–Crippen MR) is 125 cm³/mol. The number of morpholine rings is 1. The Morgan fingerprint density at radius 3 is 2.77 bits per heavy atom. The number of aryl methyl sites for hydroxylation is 1. The SMILES string of the molecule is CCN(CCNC(=NC)NCc1cccnc1N1CCOCC1)c1cccc(C)c1. The molecule has 0 bridgehead atoms. The molecule has 0 atom stereocenters. The number of ether oxygens (including phenoxy) is 1. The van der Waals surface area contributed by atoms with Crippen LogP contribution in [0.2, 0.25) is 0 Å². The number of hydrogen-bond donors (Lipinski definition) is 2. The van der Waals surface area contributed by atoms with Crippen molar-refractivity contribution < 1.29 is 4.74 Å². The maximum absolute atomic E-state index is 5.47. The minimum Gasteiger partial charge on any atom is -0.378 e. The van der Waals surface area contributed by atoms with Crippen LogP contribution >= 0.6 is 0 Å². The van der Waals surface area contributed by atoms with E-state index < -0.39 is 0 Å². The third-order valence-corrected chi connectivity index (χ3v) is 5.27. The number of aromatic nitrogens is 1. The van der Waals surface area contributed by atoms with Crippen molar-refractivity contribution in [1.82, 2.24) is 15.6 Å². The Morgan fingerprint density at radius 2 is 2.03 bits per heavy atom. The molecule has 30 heavy (non-hydrogen) atoms. The van der Waals surface area contributed by atoms with Gasteiger partial charge in [0.05, 0.1) is 13.2 Å². The number of likely N-dealkylation sites (N-methyl/N-ethyl adjacent to an activating group) is 1. The van der Waals surface area contributed by atoms with E-state index in [0.717, 1.165) is 63.3 Å². The van der Waals surface area contributed by atoms with Crippen LogP contribution in [-0.2, 0) is 11.3 Å². The Kier molecular flexibility index (Phi) is 8.32. The van der Waals surface area contributed by atoms with Gasteiger partial charge in [-0.15, -0.1) is 0 Å². The van der Waals surface area contributed by atoms with Gasteiger partial charge in [0.1, 0.15) is 5.82 Å². The molecule has 1 saturated heterocycles. The number of nitrogens with zero attached hydrogens (tertiary/aromatic N) is 4. The number of hydrogen-bond acceptors (Lipinski definition) is 5. The van der Waals surface area contributed by atoms with E-state index >= 15 is 0 Å². The molecule has 2 heterocycles. The minimum absolute atomic E-state index is 0.676. The normalized spacial score (nSPS) is 14.5. The molecular weight excluding hydrogens is 376 g/mol. The van der Waals surface area contributed by atoms with Crippen LogP contribution in [0.3, 0.4) is 0 Å². The summed E-state index contributed by atoms with van der Waals surface area (Å²) in [6.45, 7) is 10.9. The molecule has 1 fully saturated rings. The lowest BCUT2D eigenvalue weighted by molar-refractivity contribution is 0.122. The first kappa shape index (κ1) is 21.9. The standard InChI is InChI=1S/C23H34N6O/c1-4-28(21-9-5-7-19(2)17-21)12-11-26-23(24-3)27-18-20-8-6-10-25-22(20)29-13-15-30-16-14-29/h5-10,17H,4,11-16,18H2,1-3H3,(H2,24,26,27). The van der Waals surface area contributed by atoms with Gasteiger partial charge in [0, 0.05) is 63.8 Å². The highest BCUT2D eigenvalue weighted by Crippen LogP contribution is 2.18. The van der Waals surface area contributed by atoms with Crippen molar-refractivity contribution in [1.29, 1.82) is 0 Å². The van der Waals surface area contributed by atoms with Crippen molar-refractivity contribution in [3.8, 4) is 0 Å². The van der Waals surface area contributed by atoms with Crippen LogP contribution in [0.15, 0.2) is 47.6 Å². The van der Waals surface area contributed by atoms with E-state index in [1.807, 2.05) is 12.3 Å². The van der Waals surface area contributed by atoms with Gasteiger partial charge in [-0.2, -0.15) is 0 Å². The zero-order valence-electron chi connectivity index (χ0n) is 18.4. The number of aliphatic imine (C=N–C) groups is 1. The van der Waals surface area contributed by atoms with Crippen LogP contribution in [0.4, 0.5) is 11.5 Å². The lowest BCUT2D eigenvalue weighted by Crippen LogP contribution is -2.42. The van der Waals surface area contributed by atoms with Crippen molar-refractivity contribution in [2.24, 2.45) is 4.99 Å². The van der Waals surface area contributed by atoms with Gasteiger partial charge in [-0.05, 0) is 37.6 Å². The molecule has 0 unspecified atom stereocenters. The van der Waals surface area contributed by atoms with Crippen LogP contribution in [0.25, 0.3) is 0 Å².